The van der Waals surface area contributed by atoms with Crippen LogP contribution in [0.2, 0.25) is 0 Å². The fraction of sp³-hybridized carbons (Fsp3) is 0.375. The van der Waals surface area contributed by atoms with Crippen LogP contribution in [0.5, 0.6) is 5.75 Å². The van der Waals surface area contributed by atoms with E-state index in [0.717, 1.165) is 5.56 Å². The number of rotatable bonds is 5. The average Bonchev–Trinajstić information content (AvgIpc) is 2.99. The average molecular weight is 430 g/mol. The molecule has 0 amide bonds. The van der Waals surface area contributed by atoms with Gasteiger partial charge in [-0.25, -0.2) is 4.85 Å². The van der Waals surface area contributed by atoms with Crippen molar-refractivity contribution in [2.45, 2.75) is 57.7 Å². The van der Waals surface area contributed by atoms with E-state index in [2.05, 4.69) is 9.83 Å². The Balaban J connectivity index is 2.08. The fourth-order valence-corrected chi connectivity index (χ4v) is 4.30. The summed E-state index contributed by atoms with van der Waals surface area (Å²) in [6.07, 6.45) is -6.43. The third-order valence-corrected chi connectivity index (χ3v) is 5.77. The van der Waals surface area contributed by atoms with E-state index in [-0.39, 0.29) is 17.1 Å². The SMILES string of the molecule is [C-]#[N+]c1c(CC(O)(CC(C)(C)c2cc(C)cc(C)c2O)C(F)(F)F)[nH]c2ccccc12. The fourth-order valence-electron chi connectivity index (χ4n) is 4.30. The molecule has 1 unspecified atom stereocenters. The number of phenols is 1. The van der Waals surface area contributed by atoms with Crippen molar-refractivity contribution in [1.82, 2.24) is 4.98 Å². The molecule has 31 heavy (non-hydrogen) atoms. The van der Waals surface area contributed by atoms with Crippen LogP contribution in [0.1, 0.15) is 42.7 Å². The largest absolute Gasteiger partial charge is 0.507 e. The number of aromatic hydroxyl groups is 1. The summed E-state index contributed by atoms with van der Waals surface area (Å²) in [5.41, 5.74) is -1.95. The second-order valence-corrected chi connectivity index (χ2v) is 8.85. The van der Waals surface area contributed by atoms with Crippen molar-refractivity contribution in [2.24, 2.45) is 0 Å². The Bertz CT molecular complexity index is 1170. The molecule has 1 heterocycles. The maximum absolute atomic E-state index is 14.2. The van der Waals surface area contributed by atoms with Crippen LogP contribution in [0, 0.1) is 20.4 Å². The van der Waals surface area contributed by atoms with Gasteiger partial charge in [-0.2, -0.15) is 13.2 Å². The van der Waals surface area contributed by atoms with Gasteiger partial charge in [-0.15, -0.1) is 0 Å². The van der Waals surface area contributed by atoms with E-state index in [1.165, 1.54) is 0 Å². The topological polar surface area (TPSA) is 60.6 Å². The third-order valence-electron chi connectivity index (χ3n) is 5.77. The maximum Gasteiger partial charge on any atom is 0.417 e. The van der Waals surface area contributed by atoms with Crippen LogP contribution in [0.25, 0.3) is 15.7 Å². The number of aromatic nitrogens is 1. The summed E-state index contributed by atoms with van der Waals surface area (Å²) in [5, 5.41) is 22.0. The normalized spacial score (nSPS) is 14.4. The summed E-state index contributed by atoms with van der Waals surface area (Å²) in [7, 11) is 0. The predicted molar refractivity (Wildman–Crippen MR) is 114 cm³/mol. The lowest BCUT2D eigenvalue weighted by molar-refractivity contribution is -0.266. The van der Waals surface area contributed by atoms with Crippen molar-refractivity contribution in [3.63, 3.8) is 0 Å². The Morgan fingerprint density at radius 3 is 2.35 bits per heavy atom. The van der Waals surface area contributed by atoms with E-state index in [1.807, 2.05) is 0 Å². The molecule has 0 aliphatic heterocycles. The maximum atomic E-state index is 14.2. The number of hydrogen-bond donors (Lipinski definition) is 3. The zero-order valence-corrected chi connectivity index (χ0v) is 17.9. The molecule has 0 radical (unpaired) electrons. The van der Waals surface area contributed by atoms with Crippen LogP contribution in [-0.4, -0.2) is 27.0 Å². The van der Waals surface area contributed by atoms with E-state index in [1.54, 1.807) is 64.1 Å². The number of nitrogens with one attached hydrogen (secondary N) is 1. The van der Waals surface area contributed by atoms with Crippen molar-refractivity contribution in [1.29, 1.82) is 0 Å². The molecule has 3 aromatic rings. The number of para-hydroxylation sites is 1. The first-order chi connectivity index (χ1) is 14.3. The molecule has 0 saturated heterocycles. The number of hydrogen-bond acceptors (Lipinski definition) is 2. The Morgan fingerprint density at radius 2 is 1.74 bits per heavy atom. The predicted octanol–water partition coefficient (Wildman–Crippen LogP) is 6.24. The lowest BCUT2D eigenvalue weighted by Crippen LogP contribution is -2.51. The van der Waals surface area contributed by atoms with Crippen molar-refractivity contribution < 1.29 is 23.4 Å². The minimum absolute atomic E-state index is 0.0384. The van der Waals surface area contributed by atoms with Gasteiger partial charge in [0.1, 0.15) is 5.75 Å². The van der Waals surface area contributed by atoms with Gasteiger partial charge in [-0.1, -0.05) is 49.7 Å². The van der Waals surface area contributed by atoms with Crippen LogP contribution >= 0.6 is 0 Å². The molecule has 1 aromatic heterocycles. The lowest BCUT2D eigenvalue weighted by atomic mass is 9.72. The first kappa shape index (κ1) is 22.7. The van der Waals surface area contributed by atoms with E-state index in [4.69, 9.17) is 6.57 Å². The van der Waals surface area contributed by atoms with Gasteiger partial charge in [0, 0.05) is 28.6 Å². The number of aliphatic hydroxyl groups is 1. The Labute approximate surface area is 179 Å². The number of benzene rings is 2. The number of aryl methyl sites for hydroxylation is 2. The molecule has 1 atom stereocenters. The minimum Gasteiger partial charge on any atom is -0.507 e. The molecular formula is C24H25F3N2O2. The smallest absolute Gasteiger partial charge is 0.417 e. The van der Waals surface area contributed by atoms with Crippen molar-refractivity contribution in [3.8, 4) is 5.75 Å². The molecule has 0 saturated carbocycles. The summed E-state index contributed by atoms with van der Waals surface area (Å²) in [5.74, 6) is -0.0763. The molecule has 164 valence electrons. The Hall–Kier alpha value is -2.98. The first-order valence-electron chi connectivity index (χ1n) is 9.86. The minimum atomic E-state index is -4.95. The number of nitrogens with zero attached hydrogens (tertiary/aromatic N) is 1. The number of aromatic amines is 1. The van der Waals surface area contributed by atoms with Gasteiger partial charge < -0.3 is 15.2 Å². The summed E-state index contributed by atoms with van der Waals surface area (Å²) in [4.78, 5) is 6.29. The Kier molecular flexibility index (Phi) is 5.57. The van der Waals surface area contributed by atoms with Crippen LogP contribution in [0.4, 0.5) is 18.9 Å². The standard InChI is InChI=1S/C24H25F3N2O2/c1-14-10-15(2)21(30)17(11-14)22(3,4)13-23(31,24(25,26)27)12-19-20(28-5)16-8-6-7-9-18(16)29-19/h6-11,29-31H,12-13H2,1-4H3. The molecule has 0 aliphatic rings. The van der Waals surface area contributed by atoms with Gasteiger partial charge in [-0.3, -0.25) is 0 Å². The molecule has 0 aliphatic carbocycles. The lowest BCUT2D eigenvalue weighted by Gasteiger charge is -2.38. The zero-order valence-electron chi connectivity index (χ0n) is 17.9. The quantitative estimate of drug-likeness (QED) is 0.419. The molecule has 3 rings (SSSR count). The van der Waals surface area contributed by atoms with Crippen LogP contribution in [-0.2, 0) is 11.8 Å². The van der Waals surface area contributed by atoms with Crippen molar-refractivity contribution >= 4 is 16.6 Å². The molecule has 2 aromatic carbocycles. The number of H-pyrrole nitrogens is 1. The van der Waals surface area contributed by atoms with Gasteiger partial charge in [0.15, 0.2) is 5.60 Å². The summed E-state index contributed by atoms with van der Waals surface area (Å²) >= 11 is 0. The van der Waals surface area contributed by atoms with Gasteiger partial charge in [0.25, 0.3) is 0 Å². The molecule has 7 heteroatoms. The highest BCUT2D eigenvalue weighted by atomic mass is 19.4. The Morgan fingerprint density at radius 1 is 1.10 bits per heavy atom. The van der Waals surface area contributed by atoms with E-state index >= 15 is 0 Å². The van der Waals surface area contributed by atoms with Crippen LogP contribution < -0.4 is 0 Å². The zero-order chi connectivity index (χ0) is 23.2. The summed E-state index contributed by atoms with van der Waals surface area (Å²) < 4.78 is 42.5. The second kappa shape index (κ2) is 7.61. The van der Waals surface area contributed by atoms with E-state index < -0.39 is 30.0 Å². The third kappa shape index (κ3) is 4.13. The first-order valence-corrected chi connectivity index (χ1v) is 9.86. The van der Waals surface area contributed by atoms with Gasteiger partial charge in [0.05, 0.1) is 6.57 Å². The van der Waals surface area contributed by atoms with Crippen LogP contribution in [0.15, 0.2) is 36.4 Å². The van der Waals surface area contributed by atoms with E-state index in [0.29, 0.717) is 22.0 Å². The highest BCUT2D eigenvalue weighted by molar-refractivity contribution is 5.94. The molecule has 0 bridgehead atoms. The van der Waals surface area contributed by atoms with Crippen molar-refractivity contribution in [2.75, 3.05) is 0 Å². The highest BCUT2D eigenvalue weighted by Crippen LogP contribution is 2.46. The number of halogens is 3. The molecule has 4 nitrogen and oxygen atoms in total. The molecule has 0 fully saturated rings. The van der Waals surface area contributed by atoms with Crippen LogP contribution in [0.3, 0.4) is 0 Å². The van der Waals surface area contributed by atoms with Gasteiger partial charge in [0.2, 0.25) is 5.69 Å². The van der Waals surface area contributed by atoms with E-state index in [9.17, 15) is 23.4 Å². The van der Waals surface area contributed by atoms with Crippen molar-refractivity contribution in [3.05, 3.63) is 70.2 Å². The molecule has 3 N–H and O–H groups in total. The second-order valence-electron chi connectivity index (χ2n) is 8.85. The highest BCUT2D eigenvalue weighted by Gasteiger charge is 2.56. The summed E-state index contributed by atoms with van der Waals surface area (Å²) in [6, 6.07) is 10.2. The number of alkyl halides is 3. The molecular weight excluding hydrogens is 405 g/mol. The van der Waals surface area contributed by atoms with Gasteiger partial charge in [-0.05, 0) is 37.3 Å². The van der Waals surface area contributed by atoms with Gasteiger partial charge >= 0.3 is 6.18 Å². The monoisotopic (exact) mass is 430 g/mol. The molecule has 0 spiro atoms. The number of phenolic OH excluding ortho intramolecular Hbond substituents is 1. The summed E-state index contributed by atoms with van der Waals surface area (Å²) in [6.45, 7) is 14.1. The number of fused-ring (bicyclic) bond motifs is 1.